The van der Waals surface area contributed by atoms with Crippen LogP contribution in [0, 0.1) is 11.7 Å². The number of H-pyrrole nitrogens is 1. The van der Waals surface area contributed by atoms with E-state index in [1.54, 1.807) is 36.5 Å². The number of hydrogen-bond acceptors (Lipinski definition) is 4. The summed E-state index contributed by atoms with van der Waals surface area (Å²) in [6, 6.07) is 23.3. The lowest BCUT2D eigenvalue weighted by molar-refractivity contribution is -0.120. The van der Waals surface area contributed by atoms with Crippen molar-refractivity contribution in [2.45, 2.75) is 43.9 Å². The Balaban J connectivity index is 1.12. The third-order valence-corrected chi connectivity index (χ3v) is 9.27. The fraction of sp³-hybridized carbons (Fsp3) is 0.270. The third-order valence-electron chi connectivity index (χ3n) is 9.27. The largest absolute Gasteiger partial charge is 0.384 e. The maximum absolute atomic E-state index is 13.8. The molecule has 0 unspecified atom stereocenters. The monoisotopic (exact) mass is 622 g/mol. The molecule has 1 saturated heterocycles. The number of Topliss-reactive ketones (excluding diaryl/α,β-unsaturated/α-hetero) is 1. The van der Waals surface area contributed by atoms with Crippen molar-refractivity contribution in [2.75, 3.05) is 18.8 Å². The fourth-order valence-corrected chi connectivity index (χ4v) is 6.48. The van der Waals surface area contributed by atoms with Gasteiger partial charge in [0.05, 0.1) is 5.52 Å². The highest BCUT2D eigenvalue weighted by molar-refractivity contribution is 5.99. The number of alkyl halides is 2. The highest BCUT2D eigenvalue weighted by Crippen LogP contribution is 2.48. The number of pyridine rings is 1. The van der Waals surface area contributed by atoms with Gasteiger partial charge >= 0.3 is 0 Å². The maximum Gasteiger partial charge on any atom is 0.253 e. The van der Waals surface area contributed by atoms with E-state index in [0.717, 1.165) is 50.8 Å². The van der Waals surface area contributed by atoms with Crippen molar-refractivity contribution in [3.05, 3.63) is 108 Å². The van der Waals surface area contributed by atoms with E-state index in [2.05, 4.69) is 22.1 Å². The Morgan fingerprint density at radius 1 is 0.913 bits per heavy atom. The lowest BCUT2D eigenvalue weighted by atomic mass is 9.95. The molecule has 1 aliphatic carbocycles. The number of benzene rings is 3. The van der Waals surface area contributed by atoms with Gasteiger partial charge in [0.15, 0.2) is 0 Å². The summed E-state index contributed by atoms with van der Waals surface area (Å²) in [4.78, 5) is 35.2. The van der Waals surface area contributed by atoms with Crippen LogP contribution < -0.4 is 5.73 Å². The number of nitrogens with zero attached hydrogens (tertiary/aromatic N) is 2. The van der Waals surface area contributed by atoms with E-state index in [4.69, 9.17) is 5.73 Å². The quantitative estimate of drug-likeness (QED) is 0.185. The minimum absolute atomic E-state index is 0.00175. The van der Waals surface area contributed by atoms with Gasteiger partial charge < -0.3 is 15.6 Å². The van der Waals surface area contributed by atoms with Crippen molar-refractivity contribution in [1.82, 2.24) is 14.9 Å². The van der Waals surface area contributed by atoms with Crippen molar-refractivity contribution >= 4 is 28.4 Å². The average molecular weight is 623 g/mol. The molecule has 234 valence electrons. The molecule has 2 aliphatic rings. The summed E-state index contributed by atoms with van der Waals surface area (Å²) < 4.78 is 41.0. The molecule has 2 aromatic heterocycles. The van der Waals surface area contributed by atoms with Crippen LogP contribution in [0.5, 0.6) is 0 Å². The molecule has 3 aromatic carbocycles. The first kappa shape index (κ1) is 29.8. The molecule has 0 radical (unpaired) electrons. The molecule has 2 atom stereocenters. The van der Waals surface area contributed by atoms with Gasteiger partial charge in [0, 0.05) is 66.7 Å². The van der Waals surface area contributed by atoms with Gasteiger partial charge in [0.2, 0.25) is 0 Å². The summed E-state index contributed by atoms with van der Waals surface area (Å²) in [6.45, 7) is 0.0714. The molecule has 2 fully saturated rings. The van der Waals surface area contributed by atoms with Crippen LogP contribution in [0.15, 0.2) is 85.1 Å². The van der Waals surface area contributed by atoms with E-state index in [0.29, 0.717) is 24.2 Å². The molecule has 7 rings (SSSR count). The molecule has 9 heteroatoms. The number of anilines is 1. The smallest absolute Gasteiger partial charge is 0.253 e. The number of nitrogens with one attached hydrogen (secondary N) is 1. The Bertz CT molecular complexity index is 1910. The number of ketones is 1. The normalized spacial score (nSPS) is 18.9. The lowest BCUT2D eigenvalue weighted by Crippen LogP contribution is -2.42. The number of likely N-dealkylation sites (tertiary alicyclic amines) is 1. The Morgan fingerprint density at radius 2 is 1.63 bits per heavy atom. The van der Waals surface area contributed by atoms with Gasteiger partial charge in [-0.05, 0) is 89.5 Å². The van der Waals surface area contributed by atoms with Crippen LogP contribution in [-0.2, 0) is 11.2 Å². The van der Waals surface area contributed by atoms with E-state index in [9.17, 15) is 22.8 Å². The van der Waals surface area contributed by atoms with Gasteiger partial charge in [0.1, 0.15) is 17.4 Å². The van der Waals surface area contributed by atoms with Crippen molar-refractivity contribution in [3.63, 3.8) is 0 Å². The van der Waals surface area contributed by atoms with E-state index < -0.39 is 5.92 Å². The van der Waals surface area contributed by atoms with E-state index in [1.807, 2.05) is 24.3 Å². The Labute approximate surface area is 264 Å². The number of piperidine rings is 1. The summed E-state index contributed by atoms with van der Waals surface area (Å²) in [5, 5.41) is 0.950. The molecule has 3 heterocycles. The van der Waals surface area contributed by atoms with Crippen molar-refractivity contribution < 1.29 is 22.8 Å². The highest BCUT2D eigenvalue weighted by atomic mass is 19.3. The molecular formula is C37H33F3N4O2. The first-order valence-corrected chi connectivity index (χ1v) is 15.6. The number of carbonyl (C=O) groups is 2. The number of halogens is 3. The number of fused-ring (bicyclic) bond motifs is 1. The number of nitrogens with two attached hydrogens (primary N) is 1. The van der Waals surface area contributed by atoms with E-state index in [-0.39, 0.29) is 55.3 Å². The van der Waals surface area contributed by atoms with Gasteiger partial charge in [-0.2, -0.15) is 0 Å². The SMILES string of the molecule is Nc1ccc([C@H]2C[C@@H]2C(=O)CCc2cc3cc(-c4ccc(C(=O)N5CCC(F)(F)CC5)cc4)cc(-c4ccc(F)cc4)c3[nH]2)cn1. The predicted molar refractivity (Wildman–Crippen MR) is 172 cm³/mol. The lowest BCUT2D eigenvalue weighted by Gasteiger charge is -2.31. The summed E-state index contributed by atoms with van der Waals surface area (Å²) in [5.74, 6) is -2.40. The second-order valence-corrected chi connectivity index (χ2v) is 12.4. The molecule has 1 saturated carbocycles. The topological polar surface area (TPSA) is 92.1 Å². The van der Waals surface area contributed by atoms with Gasteiger partial charge in [-0.3, -0.25) is 9.59 Å². The molecule has 0 bridgehead atoms. The standard InChI is InChI=1S/C37H33F3N4O2/c38-28-8-5-23(6-9-28)31-19-26(22-1-3-24(4-2-22)36(46)44-15-13-37(39,40)14-16-44)17-27-18-29(43-35(27)31)10-11-33(45)32-20-30(32)25-7-12-34(41)42-21-25/h1-9,12,17-19,21,30,32,43H,10-11,13-16,20H2,(H2,41,42)/t30-,32+/m1/s1. The van der Waals surface area contributed by atoms with Gasteiger partial charge in [-0.15, -0.1) is 0 Å². The third kappa shape index (κ3) is 6.14. The second kappa shape index (κ2) is 11.8. The number of rotatable bonds is 8. The van der Waals surface area contributed by atoms with Crippen molar-refractivity contribution in [1.29, 1.82) is 0 Å². The number of hydrogen-bond donors (Lipinski definition) is 2. The van der Waals surface area contributed by atoms with Crippen LogP contribution >= 0.6 is 0 Å². The van der Waals surface area contributed by atoms with Crippen LogP contribution in [0.4, 0.5) is 19.0 Å². The minimum Gasteiger partial charge on any atom is -0.384 e. The molecule has 6 nitrogen and oxygen atoms in total. The molecule has 46 heavy (non-hydrogen) atoms. The second-order valence-electron chi connectivity index (χ2n) is 12.4. The number of aryl methyl sites for hydroxylation is 1. The Morgan fingerprint density at radius 3 is 2.33 bits per heavy atom. The fourth-order valence-electron chi connectivity index (χ4n) is 6.48. The van der Waals surface area contributed by atoms with Crippen LogP contribution in [0.1, 0.15) is 53.2 Å². The van der Waals surface area contributed by atoms with E-state index >= 15 is 0 Å². The van der Waals surface area contributed by atoms with Crippen LogP contribution in [0.25, 0.3) is 33.2 Å². The van der Waals surface area contributed by atoms with E-state index in [1.165, 1.54) is 17.0 Å². The van der Waals surface area contributed by atoms with Gasteiger partial charge in [-0.25, -0.2) is 18.2 Å². The number of nitrogen functional groups attached to an aromatic ring is 1. The summed E-state index contributed by atoms with van der Waals surface area (Å²) in [7, 11) is 0. The van der Waals surface area contributed by atoms with Crippen LogP contribution in [0.3, 0.4) is 0 Å². The first-order chi connectivity index (χ1) is 22.1. The van der Waals surface area contributed by atoms with Gasteiger partial charge in [-0.1, -0.05) is 30.3 Å². The van der Waals surface area contributed by atoms with Crippen molar-refractivity contribution in [3.8, 4) is 22.3 Å². The van der Waals surface area contributed by atoms with Gasteiger partial charge in [0.25, 0.3) is 11.8 Å². The Kier molecular flexibility index (Phi) is 7.63. The minimum atomic E-state index is -2.72. The first-order valence-electron chi connectivity index (χ1n) is 15.6. The summed E-state index contributed by atoms with van der Waals surface area (Å²) >= 11 is 0. The molecule has 0 spiro atoms. The molecule has 1 aliphatic heterocycles. The number of aromatic amines is 1. The predicted octanol–water partition coefficient (Wildman–Crippen LogP) is 7.79. The molecule has 5 aromatic rings. The number of amides is 1. The average Bonchev–Trinajstić information content (AvgIpc) is 3.75. The molecular weight excluding hydrogens is 589 g/mol. The zero-order valence-corrected chi connectivity index (χ0v) is 25.1. The zero-order chi connectivity index (χ0) is 32.0. The molecule has 1 amide bonds. The summed E-state index contributed by atoms with van der Waals surface area (Å²) in [6.07, 6.45) is 2.92. The number of aromatic nitrogens is 2. The van der Waals surface area contributed by atoms with Crippen LogP contribution in [0.2, 0.25) is 0 Å². The maximum atomic E-state index is 13.8. The van der Waals surface area contributed by atoms with Crippen LogP contribution in [-0.4, -0.2) is 45.6 Å². The molecule has 3 N–H and O–H groups in total. The number of carbonyl (C=O) groups excluding carboxylic acids is 2. The zero-order valence-electron chi connectivity index (χ0n) is 25.1. The Hall–Kier alpha value is -4.92. The summed E-state index contributed by atoms with van der Waals surface area (Å²) in [5.41, 5.74) is 12.5. The highest BCUT2D eigenvalue weighted by Gasteiger charge is 2.43. The van der Waals surface area contributed by atoms with Crippen molar-refractivity contribution in [2.24, 2.45) is 5.92 Å².